The Balaban J connectivity index is 0.000000222. The number of aliphatic hydroxyl groups is 4. The number of aliphatic carboxylic acids is 2. The number of carbonyl (C=O) groups is 3. The van der Waals surface area contributed by atoms with E-state index in [4.69, 9.17) is 39.4 Å². The van der Waals surface area contributed by atoms with E-state index in [9.17, 15) is 24.6 Å². The molecule has 0 amide bonds. The topological polar surface area (TPSA) is 228 Å². The highest BCUT2D eigenvalue weighted by Gasteiger charge is 2.62. The Morgan fingerprint density at radius 2 is 1.49 bits per heavy atom. The number of methoxy groups -OCH3 is 1. The lowest BCUT2D eigenvalue weighted by Gasteiger charge is -2.38. The van der Waals surface area contributed by atoms with Crippen molar-refractivity contribution in [2.45, 2.75) is 93.8 Å². The van der Waals surface area contributed by atoms with Crippen molar-refractivity contribution in [3.05, 3.63) is 65.7 Å². The van der Waals surface area contributed by atoms with E-state index < -0.39 is 36.2 Å². The molecule has 3 aliphatic rings. The first-order valence-corrected chi connectivity index (χ1v) is 16.9. The van der Waals surface area contributed by atoms with Crippen molar-refractivity contribution < 1.29 is 64.0 Å². The maximum atomic E-state index is 12.4. The number of fused-ring (bicyclic) bond motifs is 5. The van der Waals surface area contributed by atoms with Crippen molar-refractivity contribution in [3.63, 3.8) is 0 Å². The Bertz CT molecular complexity index is 1330. The van der Waals surface area contributed by atoms with E-state index in [0.717, 1.165) is 37.2 Å². The zero-order chi connectivity index (χ0) is 37.7. The fourth-order valence-electron chi connectivity index (χ4n) is 5.91. The maximum Gasteiger partial charge on any atom is 0.335 e. The van der Waals surface area contributed by atoms with Gasteiger partial charge in [0.1, 0.15) is 42.7 Å². The maximum absolute atomic E-state index is 12.4. The molecular weight excluding hydrogens is 668 g/mol. The number of hydrogen-bond donors (Lipinski definition) is 7. The second-order valence-corrected chi connectivity index (χ2v) is 13.0. The molecule has 0 saturated carbocycles. The quantitative estimate of drug-likeness (QED) is 0.0921. The van der Waals surface area contributed by atoms with Crippen molar-refractivity contribution in [1.82, 2.24) is 10.2 Å². The molecule has 284 valence electrons. The number of esters is 1. The molecule has 9 atom stereocenters. The van der Waals surface area contributed by atoms with Crippen molar-refractivity contribution in [2.24, 2.45) is 0 Å². The van der Waals surface area contributed by atoms with Gasteiger partial charge in [-0.25, -0.2) is 9.59 Å². The minimum atomic E-state index is -2.27. The number of morpholine rings is 1. The van der Waals surface area contributed by atoms with Crippen molar-refractivity contribution in [3.8, 4) is 5.75 Å². The van der Waals surface area contributed by atoms with Crippen LogP contribution in [0.15, 0.2) is 54.6 Å². The molecule has 7 N–H and O–H groups in total. The summed E-state index contributed by atoms with van der Waals surface area (Å²) in [5, 5.41) is 55.0. The van der Waals surface area contributed by atoms with Gasteiger partial charge < -0.3 is 54.9 Å². The number of epoxide rings is 1. The zero-order valence-corrected chi connectivity index (χ0v) is 29.4. The molecule has 0 aliphatic carbocycles. The normalized spacial score (nSPS) is 24.0. The predicted molar refractivity (Wildman–Crippen MR) is 183 cm³/mol. The van der Waals surface area contributed by atoms with Crippen LogP contribution >= 0.6 is 0 Å². The summed E-state index contributed by atoms with van der Waals surface area (Å²) < 4.78 is 21.9. The lowest BCUT2D eigenvalue weighted by molar-refractivity contribution is -0.165. The monoisotopic (exact) mass is 720 g/mol. The van der Waals surface area contributed by atoms with Crippen LogP contribution in [-0.4, -0.2) is 149 Å². The molecule has 0 spiro atoms. The Morgan fingerprint density at radius 3 is 1.98 bits per heavy atom. The molecule has 3 unspecified atom stereocenters. The van der Waals surface area contributed by atoms with Crippen molar-refractivity contribution in [1.29, 1.82) is 0 Å². The summed E-state index contributed by atoms with van der Waals surface area (Å²) in [6.45, 7) is 5.44. The highest BCUT2D eigenvalue weighted by Crippen LogP contribution is 2.48. The number of likely N-dealkylation sites (N-methyl/N-ethyl adjacent to an activating group) is 1. The average Bonchev–Trinajstić information content (AvgIpc) is 3.88. The molecule has 0 radical (unpaired) electrons. The molecule has 0 aromatic heterocycles. The Kier molecular flexibility index (Phi) is 16.7. The molecule has 5 rings (SSSR count). The van der Waals surface area contributed by atoms with Gasteiger partial charge in [-0.05, 0) is 36.7 Å². The van der Waals surface area contributed by atoms with E-state index in [1.807, 2.05) is 68.4 Å². The van der Waals surface area contributed by atoms with Gasteiger partial charge >= 0.3 is 17.9 Å². The van der Waals surface area contributed by atoms with E-state index in [1.165, 1.54) is 5.56 Å². The van der Waals surface area contributed by atoms with Crippen LogP contribution in [0.1, 0.15) is 43.7 Å². The molecule has 2 aromatic rings. The fourth-order valence-corrected chi connectivity index (χ4v) is 5.91. The summed E-state index contributed by atoms with van der Waals surface area (Å²) in [4.78, 5) is 34.3. The number of piperidine rings is 1. The molecule has 3 saturated heterocycles. The molecule has 2 aromatic carbocycles. The van der Waals surface area contributed by atoms with E-state index in [2.05, 4.69) is 17.3 Å². The first kappa shape index (κ1) is 41.7. The molecular formula is C36H52N2O13. The SMILES string of the molecule is CN1[C@@H]2C[C@@H](OC(=O)[C@H](CO)c3ccccc3)C[C@H]1[C@@H]1O[C@@H]12.COCCc1ccc(OCC(O)CNC(C)C)cc1.O=C(O)C(O)C(O)C(=O)O. The number of carboxylic acid groups (broad SMARTS) is 2. The predicted octanol–water partition coefficient (Wildman–Crippen LogP) is 0.409. The Hall–Kier alpha value is -3.67. The molecule has 15 nitrogen and oxygen atoms in total. The van der Waals surface area contributed by atoms with Gasteiger partial charge in [0.2, 0.25) is 0 Å². The minimum absolute atomic E-state index is 0.0622. The van der Waals surface area contributed by atoms with Crippen molar-refractivity contribution >= 4 is 17.9 Å². The highest BCUT2D eigenvalue weighted by molar-refractivity contribution is 5.83. The lowest BCUT2D eigenvalue weighted by Crippen LogP contribution is -2.48. The van der Waals surface area contributed by atoms with Crippen LogP contribution in [0, 0.1) is 0 Å². The Labute approximate surface area is 297 Å². The first-order valence-electron chi connectivity index (χ1n) is 16.9. The van der Waals surface area contributed by atoms with Gasteiger partial charge in [0.25, 0.3) is 0 Å². The Morgan fingerprint density at radius 1 is 0.922 bits per heavy atom. The van der Waals surface area contributed by atoms with Gasteiger partial charge in [0.05, 0.1) is 13.2 Å². The third kappa shape index (κ3) is 12.8. The molecule has 51 heavy (non-hydrogen) atoms. The van der Waals surface area contributed by atoms with Crippen LogP contribution < -0.4 is 10.1 Å². The number of carbonyl (C=O) groups excluding carboxylic acids is 1. The number of carboxylic acids is 2. The largest absolute Gasteiger partial charge is 0.491 e. The standard InChI is InChI=1S/C17H21NO4.C15H25NO3.C4H6O6/c1-18-13-7-11(8-14(18)16-15(13)22-16)21-17(20)12(9-19)10-5-3-2-4-6-10;1-12(2)16-10-14(17)11-19-15-6-4-13(5-7-15)8-9-18-3;5-1(3(7)8)2(6)4(9)10/h2-6,11-16,19H,7-9H2,1H3;4-7,12,14,16-17H,8-11H2,1-3H3;1-2,5-6H,(H,7,8)(H,9,10)/t11-,12-,13-,14+,15-,16+;;/m1../s1. The third-order valence-corrected chi connectivity index (χ3v) is 8.85. The van der Waals surface area contributed by atoms with Crippen LogP contribution in [0.5, 0.6) is 5.75 Å². The highest BCUT2D eigenvalue weighted by atomic mass is 16.6. The third-order valence-electron chi connectivity index (χ3n) is 8.85. The second-order valence-electron chi connectivity index (χ2n) is 13.0. The van der Waals surface area contributed by atoms with Gasteiger partial charge in [-0.1, -0.05) is 56.3 Å². The average molecular weight is 721 g/mol. The molecule has 3 heterocycles. The molecule has 3 aliphatic heterocycles. The summed E-state index contributed by atoms with van der Waals surface area (Å²) in [5.41, 5.74) is 2.02. The van der Waals surface area contributed by atoms with E-state index >= 15 is 0 Å². The van der Waals surface area contributed by atoms with Crippen molar-refractivity contribution in [2.75, 3.05) is 40.5 Å². The number of nitrogens with zero attached hydrogens (tertiary/aromatic N) is 1. The van der Waals surface area contributed by atoms with Crippen LogP contribution in [0.4, 0.5) is 0 Å². The number of hydrogen-bond acceptors (Lipinski definition) is 13. The fraction of sp³-hybridized carbons (Fsp3) is 0.583. The van der Waals surface area contributed by atoms with Gasteiger partial charge in [0, 0.05) is 44.6 Å². The first-order chi connectivity index (χ1) is 24.3. The smallest absolute Gasteiger partial charge is 0.335 e. The lowest BCUT2D eigenvalue weighted by atomic mass is 9.97. The number of ether oxygens (including phenoxy) is 4. The van der Waals surface area contributed by atoms with Gasteiger partial charge in [-0.3, -0.25) is 9.69 Å². The summed E-state index contributed by atoms with van der Waals surface area (Å²) in [7, 11) is 3.83. The summed E-state index contributed by atoms with van der Waals surface area (Å²) in [5.74, 6) is -3.67. The van der Waals surface area contributed by atoms with Crippen LogP contribution in [0.2, 0.25) is 0 Å². The van der Waals surface area contributed by atoms with E-state index in [1.54, 1.807) is 7.11 Å². The van der Waals surface area contributed by atoms with Crippen LogP contribution in [0.3, 0.4) is 0 Å². The minimum Gasteiger partial charge on any atom is -0.491 e. The van der Waals surface area contributed by atoms with Gasteiger partial charge in [-0.2, -0.15) is 0 Å². The zero-order valence-electron chi connectivity index (χ0n) is 29.4. The number of aliphatic hydroxyl groups excluding tert-OH is 4. The summed E-state index contributed by atoms with van der Waals surface area (Å²) >= 11 is 0. The number of nitrogens with one attached hydrogen (secondary N) is 1. The number of benzene rings is 2. The molecule has 15 heteroatoms. The van der Waals surface area contributed by atoms with Gasteiger partial charge in [0.15, 0.2) is 12.2 Å². The van der Waals surface area contributed by atoms with Crippen LogP contribution in [-0.2, 0) is 35.0 Å². The molecule has 2 bridgehead atoms. The van der Waals surface area contributed by atoms with Crippen LogP contribution in [0.25, 0.3) is 0 Å². The second kappa shape index (κ2) is 20.4. The summed E-state index contributed by atoms with van der Waals surface area (Å²) in [6, 6.07) is 18.3. The van der Waals surface area contributed by atoms with E-state index in [-0.39, 0.29) is 18.7 Å². The number of rotatable bonds is 16. The van der Waals surface area contributed by atoms with Gasteiger partial charge in [-0.15, -0.1) is 0 Å². The summed E-state index contributed by atoms with van der Waals surface area (Å²) in [6.07, 6.45) is -1.86. The molecule has 3 fully saturated rings. The van der Waals surface area contributed by atoms with E-state index in [0.29, 0.717) is 43.5 Å².